The molecule has 8 aromatic rings. The number of allylic oxidation sites excluding steroid dienone is 2. The number of Topliss-reactive ketones (excluding diaryl/α,β-unsaturated/α-hetero) is 2. The summed E-state index contributed by atoms with van der Waals surface area (Å²) in [5, 5.41) is 19.8. The third-order valence-electron chi connectivity index (χ3n) is 15.3. The van der Waals surface area contributed by atoms with E-state index < -0.39 is 16.1 Å². The Labute approximate surface area is 496 Å². The summed E-state index contributed by atoms with van der Waals surface area (Å²) in [6, 6.07) is 49.1. The van der Waals surface area contributed by atoms with Crippen molar-refractivity contribution >= 4 is 129 Å². The Morgan fingerprint density at radius 1 is 0.494 bits per heavy atom. The number of fused-ring (bicyclic) bond motifs is 4. The molecule has 5 nitrogen and oxygen atoms in total. The van der Waals surface area contributed by atoms with Gasteiger partial charge in [-0.25, -0.2) is 0 Å². The van der Waals surface area contributed by atoms with Gasteiger partial charge in [0.05, 0.1) is 16.1 Å². The largest absolute Gasteiger partial charge is 0 e. The van der Waals surface area contributed by atoms with E-state index in [2.05, 4.69) is 117 Å². The van der Waals surface area contributed by atoms with Gasteiger partial charge < -0.3 is 10.6 Å². The van der Waals surface area contributed by atoms with E-state index in [0.29, 0.717) is 42.4 Å². The number of rotatable bonds is 10. The minimum absolute atomic E-state index is 0. The van der Waals surface area contributed by atoms with Gasteiger partial charge in [-0.1, -0.05) is 220 Å². The van der Waals surface area contributed by atoms with E-state index in [1.54, 1.807) is 0 Å². The standard InChI is InChI=1S/C66H58Cl4N2O2Si2.CO.Ru/c1-75(2,3)65-53(67)33-43(34-54(65)68)51-29-27-39-17-7-11-21-47(39)59(51)61-49-23-13-9-19-41(49)31-45(63(61)73)37-71-57-25-15-16-26-58(57)72-38-46-32-42-20-10-14-24-50(42)62(64(46)74)60-48-22-12-8-18-40(48)28-30-52(60)44-35-55(69)66(56(70)36-44)76(4,5)6;1-2;/h7-14,17-24,27-38,57-58,71-72H,15-16,25-26H2,1-6H3;;/b45-37-,46-38-;;/t57-,58-;;/m1../s1. The summed E-state index contributed by atoms with van der Waals surface area (Å²) in [7, 11) is -3.76. The summed E-state index contributed by atoms with van der Waals surface area (Å²) in [6.45, 7) is 17.9. The molecule has 1 saturated carbocycles. The first kappa shape index (κ1) is 57.8. The minimum Gasteiger partial charge on any atom is 0 e. The van der Waals surface area contributed by atoms with Crippen LogP contribution in [0, 0.1) is 6.65 Å². The predicted molar refractivity (Wildman–Crippen MR) is 333 cm³/mol. The van der Waals surface area contributed by atoms with Gasteiger partial charge in [-0.15, -0.1) is 0 Å². The topological polar surface area (TPSA) is 78.1 Å². The van der Waals surface area contributed by atoms with Gasteiger partial charge >= 0.3 is 11.3 Å². The quantitative estimate of drug-likeness (QED) is 0.0619. The van der Waals surface area contributed by atoms with Gasteiger partial charge in [0.15, 0.2) is 11.6 Å². The molecule has 0 unspecified atom stereocenters. The molecular formula is C67H58Cl4N2O3RuSi2. The van der Waals surface area contributed by atoms with Crippen LogP contribution < -0.4 is 41.9 Å². The third-order valence-corrected chi connectivity index (χ3v) is 21.2. The van der Waals surface area contributed by atoms with Crippen molar-refractivity contribution in [3.8, 4) is 22.3 Å². The zero-order valence-electron chi connectivity index (χ0n) is 44.7. The second-order valence-corrected chi connectivity index (χ2v) is 34.1. The van der Waals surface area contributed by atoms with Crippen molar-refractivity contribution in [3.63, 3.8) is 0 Å². The molecule has 0 aliphatic heterocycles. The Morgan fingerprint density at radius 3 is 1.20 bits per heavy atom. The first-order chi connectivity index (χ1) is 37.5. The first-order valence-corrected chi connectivity index (χ1v) is 34.9. The zero-order chi connectivity index (χ0) is 55.2. The molecule has 11 rings (SSSR count). The molecule has 0 radical (unpaired) electrons. The minimum atomic E-state index is -1.88. The number of benzene rings is 8. The van der Waals surface area contributed by atoms with Gasteiger partial charge in [0, 0.05) is 97.5 Å². The molecular weight excluding hydrogens is 1180 g/mol. The normalized spacial score (nSPS) is 17.3. The Hall–Kier alpha value is -5.86. The van der Waals surface area contributed by atoms with E-state index >= 15 is 9.59 Å². The molecule has 0 heterocycles. The van der Waals surface area contributed by atoms with Crippen molar-refractivity contribution in [2.75, 3.05) is 0 Å². The fourth-order valence-corrected chi connectivity index (χ4v) is 19.3. The molecule has 1 fully saturated rings. The number of ketones is 2. The maximum Gasteiger partial charge on any atom is 0 e. The molecule has 3 aliphatic carbocycles. The molecule has 398 valence electrons. The predicted octanol–water partition coefficient (Wildman–Crippen LogP) is 13.1. The van der Waals surface area contributed by atoms with Crippen molar-refractivity contribution in [3.05, 3.63) is 228 Å². The SMILES string of the molecule is C[Si](C)(C)c1c(Cl)cc(-c2ccc3ccccc3c2C2=c3ccccc3=C/C(=C/N[C@@H]3CCCC[C@H]3N/C=C3/C=c4ccccc4=C(c4c(-c5cc(Cl)c([Si](C)(C)C)c(Cl)c5)ccc5ccccc45)C3=O)C2=O)cc1Cl.[C-]#[O+].[Ru]. The van der Waals surface area contributed by atoms with Gasteiger partial charge in [-0.3, -0.25) is 9.59 Å². The second-order valence-electron chi connectivity index (χ2n) is 22.4. The van der Waals surface area contributed by atoms with Crippen molar-refractivity contribution in [1.82, 2.24) is 10.6 Å². The van der Waals surface area contributed by atoms with Crippen LogP contribution in [0.3, 0.4) is 0 Å². The molecule has 0 amide bonds. The molecule has 0 bridgehead atoms. The van der Waals surface area contributed by atoms with Crippen LogP contribution in [0.5, 0.6) is 0 Å². The first-order valence-electron chi connectivity index (χ1n) is 26.3. The molecule has 0 spiro atoms. The van der Waals surface area contributed by atoms with E-state index in [-0.39, 0.29) is 43.1 Å². The van der Waals surface area contributed by atoms with Crippen LogP contribution in [0.4, 0.5) is 0 Å². The fraction of sp³-hybridized carbons (Fsp3) is 0.179. The number of carbonyl (C=O) groups is 2. The molecule has 2 N–H and O–H groups in total. The van der Waals surface area contributed by atoms with Crippen LogP contribution in [0.1, 0.15) is 36.8 Å². The van der Waals surface area contributed by atoms with Crippen LogP contribution in [-0.2, 0) is 33.7 Å². The number of halogens is 4. The molecule has 0 saturated heterocycles. The number of nitrogens with one attached hydrogen (secondary N) is 2. The van der Waals surface area contributed by atoms with Gasteiger partial charge in [0.2, 0.25) is 0 Å². The second kappa shape index (κ2) is 23.7. The van der Waals surface area contributed by atoms with Crippen molar-refractivity contribution in [2.24, 2.45) is 0 Å². The van der Waals surface area contributed by atoms with Gasteiger partial charge in [-0.2, -0.15) is 0 Å². The van der Waals surface area contributed by atoms with Crippen molar-refractivity contribution in [2.45, 2.75) is 77.0 Å². The molecule has 3 aliphatic rings. The van der Waals surface area contributed by atoms with Crippen LogP contribution in [0.25, 0.3) is 67.1 Å². The molecule has 8 aromatic carbocycles. The monoisotopic (exact) mass is 1240 g/mol. The van der Waals surface area contributed by atoms with E-state index in [1.165, 1.54) is 0 Å². The number of carbonyl (C=O) groups excluding carboxylic acids is 2. The fourth-order valence-electron chi connectivity index (χ4n) is 11.8. The Balaban J connectivity index is 0.00000250. The molecule has 12 heteroatoms. The summed E-state index contributed by atoms with van der Waals surface area (Å²) in [5.74, 6) is -0.147. The average molecular weight is 1240 g/mol. The van der Waals surface area contributed by atoms with E-state index in [0.717, 1.165) is 112 Å². The smallest absolute Gasteiger partial charge is 0 e. The van der Waals surface area contributed by atoms with Crippen molar-refractivity contribution in [1.29, 1.82) is 0 Å². The molecule has 2 atom stereocenters. The van der Waals surface area contributed by atoms with E-state index in [9.17, 15) is 0 Å². The van der Waals surface area contributed by atoms with Crippen LogP contribution in [0.15, 0.2) is 169 Å². The molecule has 0 aromatic heterocycles. The average Bonchev–Trinajstić information content (AvgIpc) is 3.61. The van der Waals surface area contributed by atoms with Gasteiger partial charge in [0.1, 0.15) is 0 Å². The number of hydrogen-bond acceptors (Lipinski definition) is 4. The Kier molecular flexibility index (Phi) is 17.3. The summed E-state index contributed by atoms with van der Waals surface area (Å²) >= 11 is 28.4. The third kappa shape index (κ3) is 11.3. The maximum absolute atomic E-state index is 15.4. The number of hydrogen-bond donors (Lipinski definition) is 2. The Bertz CT molecular complexity index is 3850. The van der Waals surface area contributed by atoms with Gasteiger partial charge in [-0.05, 0) is 124 Å². The van der Waals surface area contributed by atoms with Crippen LogP contribution in [0.2, 0.25) is 59.4 Å². The summed E-state index contributed by atoms with van der Waals surface area (Å²) in [6.07, 6.45) is 11.6. The summed E-state index contributed by atoms with van der Waals surface area (Å²) in [4.78, 5) is 30.8. The molecule has 79 heavy (non-hydrogen) atoms. The van der Waals surface area contributed by atoms with Crippen LogP contribution in [-0.4, -0.2) is 39.8 Å². The summed E-state index contributed by atoms with van der Waals surface area (Å²) in [5.41, 5.74) is 7.59. The van der Waals surface area contributed by atoms with Gasteiger partial charge in [0.25, 0.3) is 0 Å². The van der Waals surface area contributed by atoms with Crippen LogP contribution >= 0.6 is 46.4 Å². The van der Waals surface area contributed by atoms with Crippen molar-refractivity contribution < 1.29 is 33.7 Å². The van der Waals surface area contributed by atoms with E-state index in [1.807, 2.05) is 109 Å². The summed E-state index contributed by atoms with van der Waals surface area (Å²) < 4.78 is 7.50. The Morgan fingerprint density at radius 2 is 0.835 bits per heavy atom. The van der Waals surface area contributed by atoms with E-state index in [4.69, 9.17) is 51.1 Å². The maximum atomic E-state index is 15.4. The zero-order valence-corrected chi connectivity index (χ0v) is 51.5.